The van der Waals surface area contributed by atoms with Gasteiger partial charge in [-0.2, -0.15) is 0 Å². The summed E-state index contributed by atoms with van der Waals surface area (Å²) in [7, 11) is 0. The third-order valence-electron chi connectivity index (χ3n) is 11.5. The van der Waals surface area contributed by atoms with E-state index >= 15 is 0 Å². The van der Waals surface area contributed by atoms with Crippen LogP contribution in [0.15, 0.2) is 179 Å². The average molecular weight is 924 g/mol. The number of hydrogen-bond acceptors (Lipinski definition) is 4. The molecule has 284 valence electrons. The maximum absolute atomic E-state index is 6.82. The highest BCUT2D eigenvalue weighted by atomic mass is 79.9. The highest BCUT2D eigenvalue weighted by Crippen LogP contribution is 2.60. The Morgan fingerprint density at radius 1 is 0.310 bits per heavy atom. The first-order valence-corrected chi connectivity index (χ1v) is 21.0. The van der Waals surface area contributed by atoms with Crippen LogP contribution in [0.3, 0.4) is 0 Å². The lowest BCUT2D eigenvalue weighted by Crippen LogP contribution is -2.29. The van der Waals surface area contributed by atoms with Crippen molar-refractivity contribution in [1.82, 2.24) is 0 Å². The van der Waals surface area contributed by atoms with E-state index in [4.69, 9.17) is 46.1 Å². The molecule has 8 aromatic carbocycles. The Bertz CT molecular complexity index is 2530. The molecule has 4 nitrogen and oxygen atoms in total. The van der Waals surface area contributed by atoms with Gasteiger partial charge in [0.15, 0.2) is 0 Å². The fourth-order valence-corrected chi connectivity index (χ4v) is 11.3. The molecule has 58 heavy (non-hydrogen) atoms. The lowest BCUT2D eigenvalue weighted by Gasteiger charge is -2.35. The summed E-state index contributed by atoms with van der Waals surface area (Å²) in [6.45, 7) is 0. The second kappa shape index (κ2) is 14.7. The first-order chi connectivity index (χ1) is 28.1. The molecule has 8 N–H and O–H groups in total. The van der Waals surface area contributed by atoms with Gasteiger partial charge in [-0.15, -0.1) is 0 Å². The van der Waals surface area contributed by atoms with Gasteiger partial charge in [0.25, 0.3) is 0 Å². The van der Waals surface area contributed by atoms with E-state index < -0.39 is 10.8 Å². The van der Waals surface area contributed by atoms with Gasteiger partial charge in [-0.25, -0.2) is 0 Å². The molecule has 0 spiro atoms. The SMILES string of the molecule is Nc1ccc(C2(c3ccc(N)cc3Br)c3ccccc3-c3ccccc32)c(Br)c1.Nc1ccc(C2(c3ccc(N)cc3Cl)c3ccccc3-c3ccccc32)c(Cl)c1. The second-order valence-corrected chi connectivity index (χ2v) is 17.2. The van der Waals surface area contributed by atoms with Crippen molar-refractivity contribution >= 4 is 77.8 Å². The summed E-state index contributed by atoms with van der Waals surface area (Å²) >= 11 is 21.3. The molecule has 10 rings (SSSR count). The van der Waals surface area contributed by atoms with Crippen LogP contribution < -0.4 is 22.9 Å². The van der Waals surface area contributed by atoms with Crippen molar-refractivity contribution in [1.29, 1.82) is 0 Å². The third-order valence-corrected chi connectivity index (χ3v) is 13.4. The minimum atomic E-state index is -0.664. The zero-order chi connectivity index (χ0) is 40.3. The predicted octanol–water partition coefficient (Wildman–Crippen LogP) is 13.3. The van der Waals surface area contributed by atoms with Gasteiger partial charge in [-0.3, -0.25) is 0 Å². The van der Waals surface area contributed by atoms with E-state index in [1.165, 1.54) is 33.4 Å². The molecular formula is C50H36Br2Cl2N4. The Kier molecular flexibility index (Phi) is 9.65. The third kappa shape index (κ3) is 5.77. The van der Waals surface area contributed by atoms with E-state index in [1.54, 1.807) is 12.1 Å². The molecule has 0 heterocycles. The van der Waals surface area contributed by atoms with Gasteiger partial charge >= 0.3 is 0 Å². The van der Waals surface area contributed by atoms with E-state index in [9.17, 15) is 0 Å². The highest BCUT2D eigenvalue weighted by Gasteiger charge is 2.49. The first-order valence-electron chi connectivity index (χ1n) is 18.7. The van der Waals surface area contributed by atoms with Crippen LogP contribution >= 0.6 is 55.1 Å². The van der Waals surface area contributed by atoms with E-state index in [-0.39, 0.29) is 0 Å². The summed E-state index contributed by atoms with van der Waals surface area (Å²) in [5.41, 5.74) is 39.5. The number of anilines is 4. The summed E-state index contributed by atoms with van der Waals surface area (Å²) in [4.78, 5) is 0. The molecule has 0 aromatic heterocycles. The Morgan fingerprint density at radius 3 is 0.862 bits per heavy atom. The Morgan fingerprint density at radius 2 is 0.569 bits per heavy atom. The molecule has 0 saturated carbocycles. The molecule has 0 aliphatic heterocycles. The minimum absolute atomic E-state index is 0.494. The van der Waals surface area contributed by atoms with E-state index in [0.717, 1.165) is 53.7 Å². The molecule has 0 fully saturated rings. The number of rotatable bonds is 4. The number of fused-ring (bicyclic) bond motifs is 6. The van der Waals surface area contributed by atoms with Crippen LogP contribution in [-0.2, 0) is 10.8 Å². The Balaban J connectivity index is 0.000000150. The van der Waals surface area contributed by atoms with Crippen molar-refractivity contribution < 1.29 is 0 Å². The van der Waals surface area contributed by atoms with Crippen LogP contribution in [-0.4, -0.2) is 0 Å². The van der Waals surface area contributed by atoms with Crippen molar-refractivity contribution in [3.8, 4) is 22.3 Å². The molecule has 0 saturated heterocycles. The van der Waals surface area contributed by atoms with Crippen LogP contribution in [0.2, 0.25) is 10.0 Å². The fourth-order valence-electron chi connectivity index (χ4n) is 9.26. The number of nitrogens with two attached hydrogens (primary N) is 4. The van der Waals surface area contributed by atoms with E-state index in [2.05, 4.69) is 141 Å². The van der Waals surface area contributed by atoms with E-state index in [0.29, 0.717) is 21.4 Å². The van der Waals surface area contributed by atoms with Crippen LogP contribution in [0.25, 0.3) is 22.3 Å². The molecule has 0 unspecified atom stereocenters. The van der Waals surface area contributed by atoms with Crippen LogP contribution in [0.5, 0.6) is 0 Å². The molecule has 8 aromatic rings. The first kappa shape index (κ1) is 38.0. The maximum atomic E-state index is 6.82. The molecule has 0 amide bonds. The number of hydrogen-bond donors (Lipinski definition) is 4. The van der Waals surface area contributed by atoms with Crippen molar-refractivity contribution in [2.45, 2.75) is 10.8 Å². The van der Waals surface area contributed by atoms with E-state index in [1.807, 2.05) is 48.5 Å². The topological polar surface area (TPSA) is 104 Å². The normalized spacial score (nSPS) is 13.7. The summed E-state index contributed by atoms with van der Waals surface area (Å²) in [6, 6.07) is 57.6. The summed E-state index contributed by atoms with van der Waals surface area (Å²) in [6.07, 6.45) is 0. The van der Waals surface area contributed by atoms with Gasteiger partial charge in [0.2, 0.25) is 0 Å². The summed E-state index contributed by atoms with van der Waals surface area (Å²) in [5, 5.41) is 1.20. The molecule has 0 radical (unpaired) electrons. The van der Waals surface area contributed by atoms with Gasteiger partial charge in [0.1, 0.15) is 0 Å². The van der Waals surface area contributed by atoms with Crippen LogP contribution in [0, 0.1) is 0 Å². The Hall–Kier alpha value is -5.50. The minimum Gasteiger partial charge on any atom is -0.399 e. The van der Waals surface area contributed by atoms with Gasteiger partial charge in [0, 0.05) is 41.7 Å². The molecule has 2 aliphatic carbocycles. The van der Waals surface area contributed by atoms with Crippen molar-refractivity contribution in [3.63, 3.8) is 0 Å². The van der Waals surface area contributed by atoms with Gasteiger partial charge < -0.3 is 22.9 Å². The Labute approximate surface area is 364 Å². The second-order valence-electron chi connectivity index (χ2n) is 14.6. The number of nitrogen functional groups attached to an aromatic ring is 4. The van der Waals surface area contributed by atoms with Gasteiger partial charge in [-0.05, 0) is 115 Å². The summed E-state index contributed by atoms with van der Waals surface area (Å²) in [5.74, 6) is 0. The number of halogens is 4. The smallest absolute Gasteiger partial charge is 0.0742 e. The van der Waals surface area contributed by atoms with Crippen molar-refractivity contribution in [2.75, 3.05) is 22.9 Å². The average Bonchev–Trinajstić information content (AvgIpc) is 3.67. The monoisotopic (exact) mass is 920 g/mol. The molecule has 2 aliphatic rings. The van der Waals surface area contributed by atoms with Gasteiger partial charge in [0.05, 0.1) is 10.8 Å². The maximum Gasteiger partial charge on any atom is 0.0742 e. The lowest BCUT2D eigenvalue weighted by atomic mass is 9.67. The zero-order valence-electron chi connectivity index (χ0n) is 31.0. The standard InChI is InChI=1S/C25H18Br2N2.C25H18Cl2N2/c2*26-23-13-15(28)9-11-21(23)25(22-12-10-16(29)14-24(22)27)19-7-3-1-5-17(19)18-6-2-4-8-20(18)25/h2*1-14H,28-29H2. The fraction of sp³-hybridized carbons (Fsp3) is 0.0400. The largest absolute Gasteiger partial charge is 0.399 e. The predicted molar refractivity (Wildman–Crippen MR) is 251 cm³/mol. The molecule has 8 heteroatoms. The van der Waals surface area contributed by atoms with Gasteiger partial charge in [-0.1, -0.05) is 176 Å². The summed E-state index contributed by atoms with van der Waals surface area (Å²) < 4.78 is 1.96. The van der Waals surface area contributed by atoms with Crippen molar-refractivity contribution in [2.24, 2.45) is 0 Å². The highest BCUT2D eigenvalue weighted by molar-refractivity contribution is 9.10. The van der Waals surface area contributed by atoms with Crippen molar-refractivity contribution in [3.05, 3.63) is 233 Å². The lowest BCUT2D eigenvalue weighted by molar-refractivity contribution is 0.759. The molecule has 0 atom stereocenters. The van der Waals surface area contributed by atoms with Crippen LogP contribution in [0.4, 0.5) is 22.7 Å². The quantitative estimate of drug-likeness (QED) is 0.132. The number of benzene rings is 8. The van der Waals surface area contributed by atoms with Crippen LogP contribution in [0.1, 0.15) is 44.5 Å². The molecule has 0 bridgehead atoms. The zero-order valence-corrected chi connectivity index (χ0v) is 35.7. The molecular weight excluding hydrogens is 887 g/mol.